The van der Waals surface area contributed by atoms with E-state index in [4.69, 9.17) is 23.2 Å². The summed E-state index contributed by atoms with van der Waals surface area (Å²) >= 11 is 13.1. The first kappa shape index (κ1) is 38.3. The van der Waals surface area contributed by atoms with Crippen LogP contribution >= 0.6 is 23.2 Å². The molecule has 0 bridgehead atoms. The van der Waals surface area contributed by atoms with Gasteiger partial charge in [0, 0.05) is 0 Å². The van der Waals surface area contributed by atoms with Crippen molar-refractivity contribution in [3.8, 4) is 11.1 Å². The number of rotatable bonds is 2. The minimum absolute atomic E-state index is 0. The number of halogens is 4. The summed E-state index contributed by atoms with van der Waals surface area (Å²) in [6, 6.07) is 40.9. The standard InChI is InChI=1S/C21H25.C13H8Cl2.C5H5.2ClH.Zr/c1-20(2,3)16-9-7-14-11-15-8-10-17(21(4,5)6)13-19(15)18(14)12-16;14-12-5-1-10(2-6-12)9-11-3-7-13(15)8-4-11;1-2-4-5-3-1;;;/h7,9-10,12-13H,11H2,1-6H3;1-8H;1-5H;2*1H;/q-1;;-1;;;+2/p-2. The van der Waals surface area contributed by atoms with E-state index in [9.17, 15) is 0 Å². The molecule has 6 rings (SSSR count). The second-order valence-electron chi connectivity index (χ2n) is 12.7. The molecular formula is C39H38Cl4Zr-2. The molecular weight excluding hydrogens is 701 g/mol. The van der Waals surface area contributed by atoms with Crippen LogP contribution in [-0.4, -0.2) is 3.21 Å². The second kappa shape index (κ2) is 16.6. The Morgan fingerprint density at radius 1 is 0.682 bits per heavy atom. The molecule has 0 saturated heterocycles. The molecule has 0 unspecified atom stereocenters. The normalized spacial score (nSPS) is 11.3. The van der Waals surface area contributed by atoms with Gasteiger partial charge in [-0.25, -0.2) is 12.1 Å². The molecule has 0 nitrogen and oxygen atoms in total. The van der Waals surface area contributed by atoms with Crippen LogP contribution in [0.5, 0.6) is 0 Å². The first-order valence-corrected chi connectivity index (χ1v) is 16.3. The average Bonchev–Trinajstić information content (AvgIpc) is 3.64. The van der Waals surface area contributed by atoms with Gasteiger partial charge in [0.25, 0.3) is 0 Å². The molecule has 44 heavy (non-hydrogen) atoms. The largest absolute Gasteiger partial charge is 1.00 e. The molecule has 228 valence electrons. The quantitative estimate of drug-likeness (QED) is 0.215. The molecule has 0 amide bonds. The van der Waals surface area contributed by atoms with Gasteiger partial charge in [-0.05, 0) is 17.4 Å². The Bertz CT molecular complexity index is 1490. The van der Waals surface area contributed by atoms with Gasteiger partial charge in [-0.15, -0.1) is 5.56 Å². The van der Waals surface area contributed by atoms with Crippen LogP contribution in [0.3, 0.4) is 0 Å². The van der Waals surface area contributed by atoms with E-state index in [1.165, 1.54) is 71.9 Å². The topological polar surface area (TPSA) is 0 Å². The summed E-state index contributed by atoms with van der Waals surface area (Å²) in [5.74, 6) is 0. The van der Waals surface area contributed by atoms with Gasteiger partial charge in [-0.1, -0.05) is 76.3 Å². The molecule has 0 N–H and O–H groups in total. The van der Waals surface area contributed by atoms with E-state index in [2.05, 4.69) is 77.9 Å². The molecule has 0 atom stereocenters. The van der Waals surface area contributed by atoms with E-state index >= 15 is 0 Å². The van der Waals surface area contributed by atoms with Gasteiger partial charge >= 0.3 is 120 Å². The van der Waals surface area contributed by atoms with Crippen molar-refractivity contribution in [3.63, 3.8) is 0 Å². The Kier molecular flexibility index (Phi) is 14.5. The van der Waals surface area contributed by atoms with Crippen molar-refractivity contribution >= 4 is 26.4 Å². The molecule has 5 aromatic carbocycles. The van der Waals surface area contributed by atoms with Crippen LogP contribution in [0.15, 0.2) is 109 Å². The van der Waals surface area contributed by atoms with E-state index in [1.807, 2.05) is 78.9 Å². The van der Waals surface area contributed by atoms with E-state index in [0.29, 0.717) is 0 Å². The first-order chi connectivity index (χ1) is 19.8. The molecule has 5 aromatic rings. The summed E-state index contributed by atoms with van der Waals surface area (Å²) in [5.41, 5.74) is 11.2. The molecule has 0 radical (unpaired) electrons. The van der Waals surface area contributed by atoms with Crippen LogP contribution in [0, 0.1) is 6.07 Å². The van der Waals surface area contributed by atoms with Gasteiger partial charge in [0.05, 0.1) is 0 Å². The average molecular weight is 740 g/mol. The van der Waals surface area contributed by atoms with Crippen LogP contribution in [0.1, 0.15) is 74.9 Å². The van der Waals surface area contributed by atoms with Crippen LogP contribution in [-0.2, 0) is 41.5 Å². The molecule has 0 aliphatic heterocycles. The molecule has 0 spiro atoms. The van der Waals surface area contributed by atoms with Crippen molar-refractivity contribution in [2.45, 2.75) is 58.8 Å². The Morgan fingerprint density at radius 2 is 1.16 bits per heavy atom. The van der Waals surface area contributed by atoms with E-state index < -0.39 is 0 Å². The summed E-state index contributed by atoms with van der Waals surface area (Å²) in [7, 11) is 0. The zero-order chi connectivity index (χ0) is 30.5. The van der Waals surface area contributed by atoms with Crippen molar-refractivity contribution in [2.24, 2.45) is 0 Å². The third kappa shape index (κ3) is 10.3. The fourth-order valence-corrected chi connectivity index (χ4v) is 5.78. The SMILES string of the molecule is CC(C)(C)c1c[c-]c2c(c1)-c1cc(C(C)(C)C)ccc1C2.Clc1ccc([C](=[Zr+2])c2ccc(Cl)cc2)cc1.[Cl-].[Cl-].c1cc[cH-]c1. The zero-order valence-electron chi connectivity index (χ0n) is 26.1. The van der Waals surface area contributed by atoms with Gasteiger partial charge in [0.2, 0.25) is 0 Å². The first-order valence-electron chi connectivity index (χ1n) is 14.3. The molecule has 0 aromatic heterocycles. The summed E-state index contributed by atoms with van der Waals surface area (Å²) in [6.45, 7) is 13.6. The predicted octanol–water partition coefficient (Wildman–Crippen LogP) is 5.18. The fraction of sp³-hybridized carbons (Fsp3) is 0.231. The smallest absolute Gasteiger partial charge is 0.172 e. The van der Waals surface area contributed by atoms with Gasteiger partial charge in [-0.3, -0.25) is 0 Å². The molecule has 0 fully saturated rings. The predicted molar refractivity (Wildman–Crippen MR) is 179 cm³/mol. The Hall–Kier alpha value is -1.86. The van der Waals surface area contributed by atoms with Crippen molar-refractivity contribution in [1.29, 1.82) is 0 Å². The van der Waals surface area contributed by atoms with E-state index in [1.54, 1.807) is 0 Å². The maximum atomic E-state index is 5.86. The minimum atomic E-state index is 0. The number of benzene rings is 4. The van der Waals surface area contributed by atoms with Crippen LogP contribution in [0.4, 0.5) is 0 Å². The van der Waals surface area contributed by atoms with Crippen LogP contribution < -0.4 is 24.8 Å². The summed E-state index contributed by atoms with van der Waals surface area (Å²) in [4.78, 5) is 0. The number of hydrogen-bond acceptors (Lipinski definition) is 0. The monoisotopic (exact) mass is 736 g/mol. The molecule has 0 saturated carbocycles. The van der Waals surface area contributed by atoms with Crippen LogP contribution in [0.2, 0.25) is 10.0 Å². The third-order valence-corrected chi connectivity index (χ3v) is 9.27. The van der Waals surface area contributed by atoms with Gasteiger partial charge in [0.15, 0.2) is 0 Å². The van der Waals surface area contributed by atoms with Crippen molar-refractivity contribution in [2.75, 3.05) is 0 Å². The summed E-state index contributed by atoms with van der Waals surface area (Å²) in [6.07, 6.45) is 1.03. The maximum Gasteiger partial charge on any atom is -0.172 e. The Balaban J connectivity index is 0.000000260. The zero-order valence-corrected chi connectivity index (χ0v) is 31.6. The minimum Gasteiger partial charge on any atom is -1.00 e. The van der Waals surface area contributed by atoms with Crippen LogP contribution in [0.25, 0.3) is 11.1 Å². The second-order valence-corrected chi connectivity index (χ2v) is 14.8. The van der Waals surface area contributed by atoms with Gasteiger partial charge in [0.1, 0.15) is 0 Å². The van der Waals surface area contributed by atoms with E-state index in [-0.39, 0.29) is 35.6 Å². The van der Waals surface area contributed by atoms with Gasteiger partial charge < -0.3 is 24.8 Å². The maximum absolute atomic E-state index is 5.86. The molecule has 1 aliphatic rings. The fourth-order valence-electron chi connectivity index (χ4n) is 4.71. The molecule has 0 heterocycles. The van der Waals surface area contributed by atoms with Gasteiger partial charge in [-0.2, -0.15) is 47.5 Å². The van der Waals surface area contributed by atoms with Crippen molar-refractivity contribution < 1.29 is 49.0 Å². The third-order valence-electron chi connectivity index (χ3n) is 7.35. The number of hydrogen-bond donors (Lipinski definition) is 0. The summed E-state index contributed by atoms with van der Waals surface area (Å²) < 4.78 is 1.31. The Morgan fingerprint density at radius 3 is 1.59 bits per heavy atom. The Labute approximate surface area is 301 Å². The summed E-state index contributed by atoms with van der Waals surface area (Å²) in [5, 5.41) is 1.53. The van der Waals surface area contributed by atoms with E-state index in [0.717, 1.165) is 16.5 Å². The molecule has 5 heteroatoms. The van der Waals surface area contributed by atoms with Crippen molar-refractivity contribution in [1.82, 2.24) is 0 Å². The molecule has 1 aliphatic carbocycles. The number of fused-ring (bicyclic) bond motifs is 3. The van der Waals surface area contributed by atoms with Crippen molar-refractivity contribution in [3.05, 3.63) is 159 Å².